The molecule has 0 aliphatic carbocycles. The fourth-order valence-corrected chi connectivity index (χ4v) is 2.58. The number of hydrogen-bond acceptors (Lipinski definition) is 6. The van der Waals surface area contributed by atoms with E-state index in [0.29, 0.717) is 48.0 Å². The predicted octanol–water partition coefficient (Wildman–Crippen LogP) is 2.29. The third kappa shape index (κ3) is 5.51. The minimum atomic E-state index is -0.0789. The van der Waals surface area contributed by atoms with Gasteiger partial charge in [-0.15, -0.1) is 0 Å². The number of amides is 1. The lowest BCUT2D eigenvalue weighted by atomic mass is 10.2. The summed E-state index contributed by atoms with van der Waals surface area (Å²) in [5.41, 5.74) is 5.88. The topological polar surface area (TPSA) is 80.5 Å². The number of nitrogens with two attached hydrogens (primary N) is 1. The van der Waals surface area contributed by atoms with Crippen LogP contribution in [0, 0.1) is 5.92 Å². The number of anilines is 2. The number of carbonyl (C=O) groups excluding carboxylic acids is 1. The molecule has 120 valence electrons. The lowest BCUT2D eigenvalue weighted by Gasteiger charge is -2.19. The Labute approximate surface area is 130 Å². The first kappa shape index (κ1) is 17.7. The minimum absolute atomic E-state index is 0.0789. The first-order chi connectivity index (χ1) is 9.99. The van der Waals surface area contributed by atoms with Crippen molar-refractivity contribution in [3.05, 3.63) is 4.88 Å². The van der Waals surface area contributed by atoms with Gasteiger partial charge in [-0.25, -0.2) is 4.98 Å². The largest absolute Gasteiger partial charge is 0.382 e. The van der Waals surface area contributed by atoms with Crippen LogP contribution in [0.2, 0.25) is 0 Å². The summed E-state index contributed by atoms with van der Waals surface area (Å²) in [6.45, 7) is 11.3. The third-order valence-corrected chi connectivity index (χ3v) is 3.90. The molecule has 0 saturated heterocycles. The zero-order valence-electron chi connectivity index (χ0n) is 13.3. The summed E-state index contributed by atoms with van der Waals surface area (Å²) in [4.78, 5) is 18.9. The molecule has 0 atom stereocenters. The molecular weight excluding hydrogens is 288 g/mol. The number of ether oxygens (including phenoxy) is 1. The molecule has 21 heavy (non-hydrogen) atoms. The van der Waals surface area contributed by atoms with Crippen molar-refractivity contribution in [1.82, 2.24) is 9.88 Å². The Hall–Kier alpha value is -1.34. The summed E-state index contributed by atoms with van der Waals surface area (Å²) in [5.74, 6) is 0.725. The molecule has 6 nitrogen and oxygen atoms in total. The molecule has 0 aliphatic heterocycles. The van der Waals surface area contributed by atoms with Crippen LogP contribution in [0.5, 0.6) is 0 Å². The summed E-state index contributed by atoms with van der Waals surface area (Å²) in [7, 11) is 0. The van der Waals surface area contributed by atoms with Gasteiger partial charge in [0.25, 0.3) is 5.91 Å². The lowest BCUT2D eigenvalue weighted by Crippen LogP contribution is -2.33. The highest BCUT2D eigenvalue weighted by atomic mass is 32.1. The van der Waals surface area contributed by atoms with E-state index in [1.165, 1.54) is 11.3 Å². The Morgan fingerprint density at radius 3 is 2.76 bits per heavy atom. The van der Waals surface area contributed by atoms with Crippen LogP contribution in [-0.2, 0) is 4.74 Å². The molecule has 0 aliphatic rings. The van der Waals surface area contributed by atoms with Gasteiger partial charge in [-0.2, -0.15) is 0 Å². The maximum atomic E-state index is 12.5. The van der Waals surface area contributed by atoms with Crippen LogP contribution in [0.15, 0.2) is 0 Å². The van der Waals surface area contributed by atoms with Gasteiger partial charge in [0.05, 0.1) is 6.61 Å². The SMILES string of the molecule is CCOCCN(CC)C(=O)c1sc(NCC(C)C)nc1N. The van der Waals surface area contributed by atoms with Crippen molar-refractivity contribution in [2.24, 2.45) is 5.92 Å². The molecule has 1 rings (SSSR count). The molecular formula is C14H26N4O2S. The molecule has 0 spiro atoms. The van der Waals surface area contributed by atoms with Crippen molar-refractivity contribution in [1.29, 1.82) is 0 Å². The predicted molar refractivity (Wildman–Crippen MR) is 87.9 cm³/mol. The van der Waals surface area contributed by atoms with E-state index >= 15 is 0 Å². The standard InChI is InChI=1S/C14H26N4O2S/c1-5-18(7-8-20-6-2)13(19)11-12(15)17-14(21-11)16-9-10(3)4/h10H,5-9,15H2,1-4H3,(H,16,17). The maximum Gasteiger partial charge on any atom is 0.267 e. The lowest BCUT2D eigenvalue weighted by molar-refractivity contribution is 0.0674. The highest BCUT2D eigenvalue weighted by Gasteiger charge is 2.21. The van der Waals surface area contributed by atoms with Crippen LogP contribution in [0.4, 0.5) is 10.9 Å². The molecule has 1 aromatic rings. The second-order valence-corrected chi connectivity index (χ2v) is 6.09. The van der Waals surface area contributed by atoms with Crippen LogP contribution in [-0.4, -0.2) is 48.6 Å². The quantitative estimate of drug-likeness (QED) is 0.684. The van der Waals surface area contributed by atoms with E-state index in [4.69, 9.17) is 10.5 Å². The number of nitrogens with zero attached hydrogens (tertiary/aromatic N) is 2. The Bertz CT molecular complexity index is 448. The number of nitrogen functional groups attached to an aromatic ring is 1. The molecule has 1 heterocycles. The van der Waals surface area contributed by atoms with E-state index in [1.54, 1.807) is 4.90 Å². The normalized spacial score (nSPS) is 10.9. The highest BCUT2D eigenvalue weighted by molar-refractivity contribution is 7.18. The summed E-state index contributed by atoms with van der Waals surface area (Å²) < 4.78 is 5.30. The Morgan fingerprint density at radius 1 is 1.48 bits per heavy atom. The van der Waals surface area contributed by atoms with Crippen LogP contribution >= 0.6 is 11.3 Å². The van der Waals surface area contributed by atoms with Crippen molar-refractivity contribution in [2.45, 2.75) is 27.7 Å². The van der Waals surface area contributed by atoms with Gasteiger partial charge in [0.2, 0.25) is 0 Å². The van der Waals surface area contributed by atoms with Crippen molar-refractivity contribution in [3.63, 3.8) is 0 Å². The second kappa shape index (κ2) is 8.84. The summed E-state index contributed by atoms with van der Waals surface area (Å²) in [6.07, 6.45) is 0. The molecule has 3 N–H and O–H groups in total. The number of rotatable bonds is 9. The molecule has 1 amide bonds. The van der Waals surface area contributed by atoms with Crippen molar-refractivity contribution >= 4 is 28.2 Å². The Kier molecular flexibility index (Phi) is 7.45. The van der Waals surface area contributed by atoms with Gasteiger partial charge in [-0.1, -0.05) is 25.2 Å². The van der Waals surface area contributed by atoms with Gasteiger partial charge in [0, 0.05) is 26.2 Å². The number of nitrogens with one attached hydrogen (secondary N) is 1. The van der Waals surface area contributed by atoms with Crippen molar-refractivity contribution < 1.29 is 9.53 Å². The number of thiazole rings is 1. The zero-order chi connectivity index (χ0) is 15.8. The second-order valence-electron chi connectivity index (χ2n) is 5.09. The molecule has 7 heteroatoms. The minimum Gasteiger partial charge on any atom is -0.382 e. The summed E-state index contributed by atoms with van der Waals surface area (Å²) >= 11 is 1.31. The molecule has 1 aromatic heterocycles. The van der Waals surface area contributed by atoms with E-state index in [-0.39, 0.29) is 5.91 Å². The number of aromatic nitrogens is 1. The number of likely N-dealkylation sites (N-methyl/N-ethyl adjacent to an activating group) is 1. The fraction of sp³-hybridized carbons (Fsp3) is 0.714. The first-order valence-corrected chi connectivity index (χ1v) is 8.18. The van der Waals surface area contributed by atoms with Gasteiger partial charge in [0.15, 0.2) is 5.13 Å². The van der Waals surface area contributed by atoms with E-state index in [9.17, 15) is 4.79 Å². The molecule has 0 radical (unpaired) electrons. The summed E-state index contributed by atoms with van der Waals surface area (Å²) in [6, 6.07) is 0. The average Bonchev–Trinajstić information content (AvgIpc) is 2.82. The van der Waals surface area contributed by atoms with Gasteiger partial charge in [0.1, 0.15) is 10.7 Å². The van der Waals surface area contributed by atoms with E-state index < -0.39 is 0 Å². The van der Waals surface area contributed by atoms with Gasteiger partial charge in [-0.05, 0) is 19.8 Å². The van der Waals surface area contributed by atoms with Gasteiger partial charge >= 0.3 is 0 Å². The van der Waals surface area contributed by atoms with Crippen LogP contribution < -0.4 is 11.1 Å². The van der Waals surface area contributed by atoms with Crippen LogP contribution in [0.25, 0.3) is 0 Å². The number of hydrogen-bond donors (Lipinski definition) is 2. The smallest absolute Gasteiger partial charge is 0.267 e. The Balaban J connectivity index is 2.71. The van der Waals surface area contributed by atoms with E-state index in [0.717, 1.165) is 6.54 Å². The summed E-state index contributed by atoms with van der Waals surface area (Å²) in [5, 5.41) is 3.90. The van der Waals surface area contributed by atoms with Crippen molar-refractivity contribution in [2.75, 3.05) is 43.9 Å². The zero-order valence-corrected chi connectivity index (χ0v) is 14.1. The van der Waals surface area contributed by atoms with Gasteiger partial charge < -0.3 is 20.7 Å². The van der Waals surface area contributed by atoms with Crippen LogP contribution in [0.3, 0.4) is 0 Å². The molecule has 0 unspecified atom stereocenters. The van der Waals surface area contributed by atoms with Crippen molar-refractivity contribution in [3.8, 4) is 0 Å². The van der Waals surface area contributed by atoms with E-state index in [2.05, 4.69) is 24.1 Å². The molecule has 0 fully saturated rings. The molecule has 0 saturated carbocycles. The fourth-order valence-electron chi connectivity index (χ4n) is 1.72. The monoisotopic (exact) mass is 314 g/mol. The highest BCUT2D eigenvalue weighted by Crippen LogP contribution is 2.26. The Morgan fingerprint density at radius 2 is 2.19 bits per heavy atom. The van der Waals surface area contributed by atoms with Crippen LogP contribution in [0.1, 0.15) is 37.4 Å². The molecule has 0 aromatic carbocycles. The first-order valence-electron chi connectivity index (χ1n) is 7.36. The van der Waals surface area contributed by atoms with Gasteiger partial charge in [-0.3, -0.25) is 4.79 Å². The van der Waals surface area contributed by atoms with E-state index in [1.807, 2.05) is 13.8 Å². The molecule has 0 bridgehead atoms. The number of carbonyl (C=O) groups is 1. The maximum absolute atomic E-state index is 12.5. The average molecular weight is 314 g/mol. The third-order valence-electron chi connectivity index (χ3n) is 2.89.